The molecule has 2 aliphatic heterocycles. The number of nitrogens with zero attached hydrogens (tertiary/aromatic N) is 3. The van der Waals surface area contributed by atoms with Crippen molar-refractivity contribution in [3.8, 4) is 11.5 Å². The Morgan fingerprint density at radius 1 is 1.03 bits per heavy atom. The Balaban J connectivity index is 1.53. The summed E-state index contributed by atoms with van der Waals surface area (Å²) in [5.74, 6) is 1.17. The van der Waals surface area contributed by atoms with Crippen LogP contribution in [0.3, 0.4) is 0 Å². The van der Waals surface area contributed by atoms with Crippen molar-refractivity contribution in [1.82, 2.24) is 9.29 Å². The average Bonchev–Trinajstić information content (AvgIpc) is 3.46. The first-order valence-corrected chi connectivity index (χ1v) is 13.8. The molecule has 0 spiro atoms. The van der Waals surface area contributed by atoms with E-state index < -0.39 is 10.0 Å². The molecule has 10 heteroatoms. The largest absolute Gasteiger partial charge is 0.493 e. The molecule has 0 amide bonds. The van der Waals surface area contributed by atoms with E-state index >= 15 is 0 Å². The lowest BCUT2D eigenvalue weighted by Gasteiger charge is -2.28. The Morgan fingerprint density at radius 3 is 2.59 bits per heavy atom. The maximum absolute atomic E-state index is 13.4. The summed E-state index contributed by atoms with van der Waals surface area (Å²) >= 11 is 0. The Morgan fingerprint density at radius 2 is 1.86 bits per heavy atom. The molecule has 0 saturated carbocycles. The normalized spacial score (nSPS) is 18.5. The first-order chi connectivity index (χ1) is 18.0. The van der Waals surface area contributed by atoms with Crippen LogP contribution in [0.25, 0.3) is 0 Å². The predicted molar refractivity (Wildman–Crippen MR) is 139 cm³/mol. The van der Waals surface area contributed by atoms with Crippen molar-refractivity contribution in [1.29, 1.82) is 0 Å². The van der Waals surface area contributed by atoms with E-state index in [2.05, 4.69) is 4.98 Å². The van der Waals surface area contributed by atoms with E-state index in [-0.39, 0.29) is 11.2 Å². The summed E-state index contributed by atoms with van der Waals surface area (Å²) < 4.78 is 50.9. The molecule has 0 N–H and O–H groups in total. The number of sulfonamides is 1. The van der Waals surface area contributed by atoms with Crippen LogP contribution in [0.15, 0.2) is 71.9 Å². The quantitative estimate of drug-likeness (QED) is 0.415. The molecule has 2 saturated heterocycles. The molecular weight excluding hydrogens is 494 g/mol. The van der Waals surface area contributed by atoms with Gasteiger partial charge in [0.1, 0.15) is 0 Å². The van der Waals surface area contributed by atoms with Crippen LogP contribution >= 0.6 is 0 Å². The molecule has 2 aromatic carbocycles. The Bertz CT molecular complexity index is 1290. The van der Waals surface area contributed by atoms with E-state index in [1.807, 2.05) is 41.3 Å². The fourth-order valence-corrected chi connectivity index (χ4v) is 5.91. The maximum Gasteiger partial charge on any atom is 0.243 e. The second kappa shape index (κ2) is 11.5. The second-order valence-corrected chi connectivity index (χ2v) is 10.8. The van der Waals surface area contributed by atoms with Crippen LogP contribution in [-0.2, 0) is 26.0 Å². The number of ether oxygens (including phenoxy) is 4. The molecule has 5 rings (SSSR count). The van der Waals surface area contributed by atoms with Crippen LogP contribution in [0, 0.1) is 0 Å². The lowest BCUT2D eigenvalue weighted by molar-refractivity contribution is -0.0402. The third kappa shape index (κ3) is 5.88. The number of aromatic nitrogens is 1. The lowest BCUT2D eigenvalue weighted by atomic mass is 10.2. The van der Waals surface area contributed by atoms with E-state index in [1.165, 1.54) is 4.31 Å². The fourth-order valence-electron chi connectivity index (χ4n) is 4.46. The molecule has 0 bridgehead atoms. The van der Waals surface area contributed by atoms with Gasteiger partial charge in [-0.15, -0.1) is 0 Å². The van der Waals surface area contributed by atoms with Crippen molar-refractivity contribution in [2.45, 2.75) is 30.6 Å². The number of rotatable bonds is 9. The van der Waals surface area contributed by atoms with Gasteiger partial charge in [-0.3, -0.25) is 4.98 Å². The summed E-state index contributed by atoms with van der Waals surface area (Å²) in [6.07, 6.45) is 4.97. The number of anilines is 2. The third-order valence-corrected chi connectivity index (χ3v) is 8.30. The van der Waals surface area contributed by atoms with Gasteiger partial charge in [0, 0.05) is 55.9 Å². The summed E-state index contributed by atoms with van der Waals surface area (Å²) in [4.78, 5) is 6.54. The molecule has 1 unspecified atom stereocenters. The molecular formula is C27H31N3O6S. The van der Waals surface area contributed by atoms with Gasteiger partial charge in [0.2, 0.25) is 10.0 Å². The van der Waals surface area contributed by atoms with Gasteiger partial charge in [0.15, 0.2) is 17.8 Å². The summed E-state index contributed by atoms with van der Waals surface area (Å²) in [5, 5.41) is 0. The molecule has 0 radical (unpaired) electrons. The van der Waals surface area contributed by atoms with Crippen LogP contribution < -0.4 is 14.4 Å². The van der Waals surface area contributed by atoms with Crippen molar-refractivity contribution >= 4 is 21.4 Å². The lowest BCUT2D eigenvalue weighted by Crippen LogP contribution is -2.40. The molecule has 1 atom stereocenters. The highest BCUT2D eigenvalue weighted by molar-refractivity contribution is 7.89. The number of methoxy groups -OCH3 is 1. The molecule has 196 valence electrons. The van der Waals surface area contributed by atoms with Crippen molar-refractivity contribution in [3.63, 3.8) is 0 Å². The molecule has 3 aromatic rings. The smallest absolute Gasteiger partial charge is 0.243 e. The number of benzene rings is 2. The zero-order chi connectivity index (χ0) is 25.7. The van der Waals surface area contributed by atoms with Crippen LogP contribution in [0.2, 0.25) is 0 Å². The van der Waals surface area contributed by atoms with E-state index in [1.54, 1.807) is 37.7 Å². The molecule has 2 aliphatic rings. The Kier molecular flexibility index (Phi) is 7.90. The molecule has 9 nitrogen and oxygen atoms in total. The van der Waals surface area contributed by atoms with E-state index in [4.69, 9.17) is 18.9 Å². The minimum atomic E-state index is -3.65. The van der Waals surface area contributed by atoms with Gasteiger partial charge in [-0.1, -0.05) is 12.1 Å². The van der Waals surface area contributed by atoms with Gasteiger partial charge in [-0.05, 0) is 48.4 Å². The summed E-state index contributed by atoms with van der Waals surface area (Å²) in [7, 11) is -2.05. The fraction of sp³-hybridized carbons (Fsp3) is 0.370. The average molecular weight is 526 g/mol. The number of morpholine rings is 1. The van der Waals surface area contributed by atoms with Gasteiger partial charge >= 0.3 is 0 Å². The second-order valence-electron chi connectivity index (χ2n) is 8.86. The molecule has 3 heterocycles. The highest BCUT2D eigenvalue weighted by Crippen LogP contribution is 2.37. The predicted octanol–water partition coefficient (Wildman–Crippen LogP) is 3.96. The van der Waals surface area contributed by atoms with Crippen molar-refractivity contribution in [2.24, 2.45) is 0 Å². The van der Waals surface area contributed by atoms with Crippen LogP contribution in [0.5, 0.6) is 11.5 Å². The van der Waals surface area contributed by atoms with Gasteiger partial charge in [0.05, 0.1) is 31.8 Å². The number of hydrogen-bond acceptors (Lipinski definition) is 8. The van der Waals surface area contributed by atoms with Crippen LogP contribution in [0.1, 0.15) is 18.4 Å². The highest BCUT2D eigenvalue weighted by atomic mass is 32.2. The van der Waals surface area contributed by atoms with Gasteiger partial charge in [-0.2, -0.15) is 4.31 Å². The topological polar surface area (TPSA) is 90.4 Å². The summed E-state index contributed by atoms with van der Waals surface area (Å²) in [5.41, 5.74) is 2.52. The zero-order valence-corrected chi connectivity index (χ0v) is 21.6. The van der Waals surface area contributed by atoms with E-state index in [0.717, 1.165) is 29.8 Å². The number of pyridine rings is 1. The van der Waals surface area contributed by atoms with Crippen molar-refractivity contribution in [2.75, 3.05) is 44.9 Å². The molecule has 1 aromatic heterocycles. The van der Waals surface area contributed by atoms with E-state index in [0.29, 0.717) is 51.0 Å². The van der Waals surface area contributed by atoms with Crippen molar-refractivity contribution < 1.29 is 27.4 Å². The standard InChI is InChI=1S/C27H31N3O6S/c1-33-25-10-9-23(18-26(25)36-27-8-4-14-35-27)30(20-21-5-3-11-28-19-21)22-6-2-7-24(17-22)37(31,32)29-12-15-34-16-13-29/h2-3,5-7,9-11,17-19,27H,4,8,12-16,20H2,1H3. The van der Waals surface area contributed by atoms with Gasteiger partial charge in [-0.25, -0.2) is 8.42 Å². The van der Waals surface area contributed by atoms with Crippen LogP contribution in [-0.4, -0.2) is 64.0 Å². The Hall–Kier alpha value is -3.18. The van der Waals surface area contributed by atoms with Gasteiger partial charge in [0.25, 0.3) is 0 Å². The minimum absolute atomic E-state index is 0.243. The first-order valence-electron chi connectivity index (χ1n) is 12.4. The first kappa shape index (κ1) is 25.5. The Labute approximate surface area is 217 Å². The van der Waals surface area contributed by atoms with E-state index in [9.17, 15) is 8.42 Å². The van der Waals surface area contributed by atoms with Gasteiger partial charge < -0.3 is 23.8 Å². The van der Waals surface area contributed by atoms with Crippen molar-refractivity contribution in [3.05, 3.63) is 72.6 Å². The highest BCUT2D eigenvalue weighted by Gasteiger charge is 2.27. The van der Waals surface area contributed by atoms with Crippen LogP contribution in [0.4, 0.5) is 11.4 Å². The minimum Gasteiger partial charge on any atom is -0.493 e. The molecule has 37 heavy (non-hydrogen) atoms. The summed E-state index contributed by atoms with van der Waals surface area (Å²) in [6, 6.07) is 16.6. The molecule has 2 fully saturated rings. The SMILES string of the molecule is COc1ccc(N(Cc2cccnc2)c2cccc(S(=O)(=O)N3CCOCC3)c2)cc1OC1CCCO1. The molecule has 0 aliphatic carbocycles. The third-order valence-electron chi connectivity index (χ3n) is 6.41. The summed E-state index contributed by atoms with van der Waals surface area (Å²) in [6.45, 7) is 2.62. The zero-order valence-electron chi connectivity index (χ0n) is 20.8. The number of hydrogen-bond donors (Lipinski definition) is 0. The maximum atomic E-state index is 13.4. The monoisotopic (exact) mass is 525 g/mol.